The van der Waals surface area contributed by atoms with E-state index in [9.17, 15) is 4.79 Å². The molecular weight excluding hydrogens is 120 g/mol. The fourth-order valence-corrected chi connectivity index (χ4v) is 0.396. The zero-order valence-electron chi connectivity index (χ0n) is 4.50. The summed E-state index contributed by atoms with van der Waals surface area (Å²) >= 11 is 0. The summed E-state index contributed by atoms with van der Waals surface area (Å²) in [7, 11) is 0. The minimum Gasteiger partial charge on any atom is -0.436 e. The van der Waals surface area contributed by atoms with Crippen molar-refractivity contribution in [1.82, 2.24) is 10.2 Å². The number of hydrogen-bond donors (Lipinski definition) is 1. The third-order valence-electron chi connectivity index (χ3n) is 0.709. The minimum atomic E-state index is 0.429. The van der Waals surface area contributed by atoms with Crippen molar-refractivity contribution < 1.29 is 9.53 Å². The molecule has 0 saturated carbocycles. The Kier molecular flexibility index (Phi) is 1.67. The van der Waals surface area contributed by atoms with E-state index in [0.29, 0.717) is 5.88 Å². The van der Waals surface area contributed by atoms with Crippen LogP contribution in [0, 0.1) is 0 Å². The molecule has 0 atom stereocenters. The number of aromatic amines is 1. The number of hydrogen-bond acceptors (Lipinski definition) is 3. The van der Waals surface area contributed by atoms with Crippen LogP contribution in [0.5, 0.6) is 5.88 Å². The maximum absolute atomic E-state index is 9.56. The summed E-state index contributed by atoms with van der Waals surface area (Å²) < 4.78 is 4.63. The van der Waals surface area contributed by atoms with E-state index in [1.165, 1.54) is 12.1 Å². The summed E-state index contributed by atoms with van der Waals surface area (Å²) in [5.41, 5.74) is 0. The zero-order valence-corrected chi connectivity index (χ0v) is 4.50. The van der Waals surface area contributed by atoms with E-state index in [-0.39, 0.29) is 0 Å². The van der Waals surface area contributed by atoms with E-state index in [2.05, 4.69) is 14.9 Å². The molecule has 0 spiro atoms. The van der Waals surface area contributed by atoms with Gasteiger partial charge < -0.3 is 4.74 Å². The van der Waals surface area contributed by atoms with E-state index in [0.717, 1.165) is 6.26 Å². The first-order valence-corrected chi connectivity index (χ1v) is 2.29. The molecule has 1 rings (SSSR count). The molecule has 4 heteroatoms. The first-order chi connectivity index (χ1) is 4.43. The van der Waals surface area contributed by atoms with Crippen LogP contribution in [0.4, 0.5) is 0 Å². The molecule has 0 aliphatic rings. The minimum absolute atomic E-state index is 0.429. The van der Waals surface area contributed by atoms with Crippen molar-refractivity contribution in [3.63, 3.8) is 0 Å². The van der Waals surface area contributed by atoms with Crippen molar-refractivity contribution in [2.45, 2.75) is 0 Å². The smallest absolute Gasteiger partial charge is 0.215 e. The SMILES string of the molecule is O=C=COc1ccn[nH]1. The third-order valence-corrected chi connectivity index (χ3v) is 0.709. The molecule has 0 radical (unpaired) electrons. The quantitative estimate of drug-likeness (QED) is 0.450. The molecule has 4 nitrogen and oxygen atoms in total. The summed E-state index contributed by atoms with van der Waals surface area (Å²) in [5.74, 6) is 1.89. The molecule has 0 aliphatic carbocycles. The monoisotopic (exact) mass is 124 g/mol. The van der Waals surface area contributed by atoms with Crippen LogP contribution in [0.3, 0.4) is 0 Å². The van der Waals surface area contributed by atoms with Crippen LogP contribution in [-0.4, -0.2) is 16.1 Å². The fourth-order valence-electron chi connectivity index (χ4n) is 0.396. The van der Waals surface area contributed by atoms with Gasteiger partial charge in [0.2, 0.25) is 5.88 Å². The Morgan fingerprint density at radius 3 is 3.33 bits per heavy atom. The first-order valence-electron chi connectivity index (χ1n) is 2.29. The van der Waals surface area contributed by atoms with Crippen LogP contribution in [0.2, 0.25) is 0 Å². The largest absolute Gasteiger partial charge is 0.436 e. The van der Waals surface area contributed by atoms with E-state index in [1.807, 2.05) is 0 Å². The van der Waals surface area contributed by atoms with Gasteiger partial charge in [0.25, 0.3) is 0 Å². The standard InChI is InChI=1S/C5H4N2O2/c8-3-4-9-5-1-2-6-7-5/h1-2,4H,(H,6,7). The number of ether oxygens (including phenoxy) is 1. The lowest BCUT2D eigenvalue weighted by atomic mass is 10.7. The maximum atomic E-state index is 9.56. The highest BCUT2D eigenvalue weighted by molar-refractivity contribution is 5.43. The van der Waals surface area contributed by atoms with Crippen molar-refractivity contribution >= 4 is 5.94 Å². The second-order valence-electron chi connectivity index (χ2n) is 1.27. The summed E-state index contributed by atoms with van der Waals surface area (Å²) in [6, 6.07) is 1.59. The second kappa shape index (κ2) is 2.69. The molecule has 46 valence electrons. The van der Waals surface area contributed by atoms with Gasteiger partial charge in [0.05, 0.1) is 6.20 Å². The number of nitrogens with zero attached hydrogens (tertiary/aromatic N) is 1. The van der Waals surface area contributed by atoms with E-state index in [4.69, 9.17) is 0 Å². The number of H-pyrrole nitrogens is 1. The Hall–Kier alpha value is -1.54. The van der Waals surface area contributed by atoms with Crippen molar-refractivity contribution in [2.75, 3.05) is 0 Å². The summed E-state index contributed by atoms with van der Waals surface area (Å²) in [4.78, 5) is 9.56. The predicted molar refractivity (Wildman–Crippen MR) is 29.5 cm³/mol. The topological polar surface area (TPSA) is 55.0 Å². The van der Waals surface area contributed by atoms with Crippen molar-refractivity contribution in [3.05, 3.63) is 18.5 Å². The lowest BCUT2D eigenvalue weighted by Gasteiger charge is -1.86. The Bertz CT molecular complexity index is 211. The molecule has 0 saturated heterocycles. The van der Waals surface area contributed by atoms with Crippen LogP contribution in [0.25, 0.3) is 0 Å². The van der Waals surface area contributed by atoms with E-state index >= 15 is 0 Å². The molecule has 1 aromatic rings. The highest BCUT2D eigenvalue weighted by Gasteiger charge is 1.86. The van der Waals surface area contributed by atoms with Gasteiger partial charge in [0, 0.05) is 6.07 Å². The van der Waals surface area contributed by atoms with Gasteiger partial charge in [-0.2, -0.15) is 5.10 Å². The van der Waals surface area contributed by atoms with Gasteiger partial charge in [-0.25, -0.2) is 9.89 Å². The highest BCUT2D eigenvalue weighted by atomic mass is 16.5. The number of carbonyl (C=O) groups excluding carboxylic acids is 1. The highest BCUT2D eigenvalue weighted by Crippen LogP contribution is 2.00. The first kappa shape index (κ1) is 5.59. The van der Waals surface area contributed by atoms with Crippen molar-refractivity contribution in [2.24, 2.45) is 0 Å². The third kappa shape index (κ3) is 1.44. The van der Waals surface area contributed by atoms with Gasteiger partial charge in [0.1, 0.15) is 0 Å². The van der Waals surface area contributed by atoms with Crippen molar-refractivity contribution in [1.29, 1.82) is 0 Å². The second-order valence-corrected chi connectivity index (χ2v) is 1.27. The van der Waals surface area contributed by atoms with E-state index < -0.39 is 0 Å². The van der Waals surface area contributed by atoms with Crippen LogP contribution in [0.15, 0.2) is 18.5 Å². The molecule has 1 heterocycles. The fraction of sp³-hybridized carbons (Fsp3) is 0. The Morgan fingerprint density at radius 2 is 2.78 bits per heavy atom. The Morgan fingerprint density at radius 1 is 1.89 bits per heavy atom. The molecule has 1 aromatic heterocycles. The Labute approximate surface area is 51.1 Å². The molecule has 0 bridgehead atoms. The Balaban J connectivity index is 2.57. The van der Waals surface area contributed by atoms with Crippen LogP contribution < -0.4 is 4.74 Å². The van der Waals surface area contributed by atoms with Crippen LogP contribution >= 0.6 is 0 Å². The average Bonchev–Trinajstić information content (AvgIpc) is 2.34. The normalized spacial score (nSPS) is 8.00. The molecule has 0 fully saturated rings. The van der Waals surface area contributed by atoms with Crippen molar-refractivity contribution in [3.8, 4) is 5.88 Å². The zero-order chi connectivity index (χ0) is 6.53. The maximum Gasteiger partial charge on any atom is 0.215 e. The molecule has 0 aliphatic heterocycles. The van der Waals surface area contributed by atoms with Gasteiger partial charge in [-0.3, -0.25) is 0 Å². The molecule has 0 aromatic carbocycles. The van der Waals surface area contributed by atoms with Gasteiger partial charge in [0.15, 0.2) is 12.2 Å². The van der Waals surface area contributed by atoms with Gasteiger partial charge in [-0.1, -0.05) is 0 Å². The van der Waals surface area contributed by atoms with Gasteiger partial charge in [-0.15, -0.1) is 0 Å². The summed E-state index contributed by atoms with van der Waals surface area (Å²) in [6.07, 6.45) is 2.43. The molecular formula is C5H4N2O2. The lowest BCUT2D eigenvalue weighted by molar-refractivity contribution is 0.457. The number of rotatable bonds is 2. The average molecular weight is 124 g/mol. The van der Waals surface area contributed by atoms with Gasteiger partial charge in [-0.05, 0) is 0 Å². The molecule has 9 heavy (non-hydrogen) atoms. The lowest BCUT2D eigenvalue weighted by Crippen LogP contribution is -1.80. The summed E-state index contributed by atoms with van der Waals surface area (Å²) in [6.45, 7) is 0. The molecule has 0 unspecified atom stereocenters. The molecule has 0 amide bonds. The molecule has 1 N–H and O–H groups in total. The predicted octanol–water partition coefficient (Wildman–Crippen LogP) is 0.134. The number of aromatic nitrogens is 2. The van der Waals surface area contributed by atoms with Crippen LogP contribution in [0.1, 0.15) is 0 Å². The number of nitrogens with one attached hydrogen (secondary N) is 1. The van der Waals surface area contributed by atoms with E-state index in [1.54, 1.807) is 6.07 Å². The van der Waals surface area contributed by atoms with Crippen LogP contribution in [-0.2, 0) is 4.79 Å². The summed E-state index contributed by atoms with van der Waals surface area (Å²) in [5, 5.41) is 6.06. The van der Waals surface area contributed by atoms with Gasteiger partial charge >= 0.3 is 0 Å².